The minimum atomic E-state index is -0.558. The van der Waals surface area contributed by atoms with Crippen LogP contribution in [0.25, 0.3) is 0 Å². The van der Waals surface area contributed by atoms with Crippen molar-refractivity contribution in [1.29, 1.82) is 0 Å². The van der Waals surface area contributed by atoms with Crippen molar-refractivity contribution in [3.8, 4) is 0 Å². The van der Waals surface area contributed by atoms with Gasteiger partial charge in [0.1, 0.15) is 0 Å². The number of rotatable bonds is 7. The van der Waals surface area contributed by atoms with Crippen LogP contribution < -0.4 is 5.73 Å². The summed E-state index contributed by atoms with van der Waals surface area (Å²) in [7, 11) is 0. The van der Waals surface area contributed by atoms with E-state index in [4.69, 9.17) is 17.3 Å². The van der Waals surface area contributed by atoms with Gasteiger partial charge in [0.05, 0.1) is 6.61 Å². The van der Waals surface area contributed by atoms with E-state index in [9.17, 15) is 5.11 Å². The Balaban J connectivity index is 0.00000288. The van der Waals surface area contributed by atoms with Gasteiger partial charge in [-0.1, -0.05) is 48.5 Å². The van der Waals surface area contributed by atoms with Crippen LogP contribution in [0.2, 0.25) is 5.02 Å². The van der Waals surface area contributed by atoms with Crippen LogP contribution in [0.1, 0.15) is 31.4 Å². The summed E-state index contributed by atoms with van der Waals surface area (Å²) in [5.41, 5.74) is 7.83. The zero-order valence-corrected chi connectivity index (χ0v) is 16.5. The summed E-state index contributed by atoms with van der Waals surface area (Å²) in [5, 5.41) is 9.99. The number of aliphatic hydroxyl groups is 1. The molecule has 1 unspecified atom stereocenters. The van der Waals surface area contributed by atoms with Crippen molar-refractivity contribution in [3.05, 3.63) is 58.6 Å². The average Bonchev–Trinajstić information content (AvgIpc) is 2.54. The maximum absolute atomic E-state index is 9.23. The molecule has 0 spiro atoms. The van der Waals surface area contributed by atoms with E-state index in [1.54, 1.807) is 11.8 Å². The third-order valence-electron chi connectivity index (χ3n) is 3.89. The number of aryl methyl sites for hydroxylation is 2. The van der Waals surface area contributed by atoms with Crippen molar-refractivity contribution >= 4 is 35.8 Å². The van der Waals surface area contributed by atoms with Gasteiger partial charge in [-0.3, -0.25) is 0 Å². The van der Waals surface area contributed by atoms with Crippen LogP contribution in [-0.4, -0.2) is 17.3 Å². The quantitative estimate of drug-likeness (QED) is 0.695. The lowest BCUT2D eigenvalue weighted by molar-refractivity contribution is 0.200. The maximum Gasteiger partial charge on any atom is 0.0608 e. The van der Waals surface area contributed by atoms with Gasteiger partial charge < -0.3 is 10.8 Å². The van der Waals surface area contributed by atoms with Crippen molar-refractivity contribution in [1.82, 2.24) is 0 Å². The predicted octanol–water partition coefficient (Wildman–Crippen LogP) is 5.12. The number of aliphatic hydroxyl groups excluding tert-OH is 1. The SMILES string of the molecule is CCc1cccc(Sc2ccc(CCC(C)(N)CO)c(Cl)c2)c1.Cl. The number of nitrogens with two attached hydrogens (primary N) is 1. The van der Waals surface area contributed by atoms with Crippen LogP contribution in [0, 0.1) is 0 Å². The Morgan fingerprint density at radius 3 is 2.50 bits per heavy atom. The molecular formula is C19H25Cl2NOS. The Bertz CT molecular complexity index is 662. The molecule has 2 rings (SSSR count). The number of benzene rings is 2. The van der Waals surface area contributed by atoms with Gasteiger partial charge in [0, 0.05) is 20.4 Å². The molecule has 0 saturated heterocycles. The first kappa shape index (κ1) is 21.3. The topological polar surface area (TPSA) is 46.2 Å². The van der Waals surface area contributed by atoms with Crippen LogP contribution in [-0.2, 0) is 12.8 Å². The molecular weight excluding hydrogens is 361 g/mol. The minimum absolute atomic E-state index is 0. The summed E-state index contributed by atoms with van der Waals surface area (Å²) >= 11 is 8.13. The first-order chi connectivity index (χ1) is 10.9. The number of hydrogen-bond donors (Lipinski definition) is 2. The van der Waals surface area contributed by atoms with Crippen molar-refractivity contribution in [2.75, 3.05) is 6.61 Å². The first-order valence-electron chi connectivity index (χ1n) is 7.88. The summed E-state index contributed by atoms with van der Waals surface area (Å²) in [6, 6.07) is 14.7. The van der Waals surface area contributed by atoms with E-state index >= 15 is 0 Å². The molecule has 0 saturated carbocycles. The van der Waals surface area contributed by atoms with Crippen molar-refractivity contribution in [2.24, 2.45) is 5.73 Å². The van der Waals surface area contributed by atoms with E-state index in [0.717, 1.165) is 28.3 Å². The zero-order valence-electron chi connectivity index (χ0n) is 14.1. The lowest BCUT2D eigenvalue weighted by atomic mass is 9.95. The summed E-state index contributed by atoms with van der Waals surface area (Å²) in [6.45, 7) is 3.99. The second kappa shape index (κ2) is 9.69. The Hall–Kier alpha value is -0.710. The maximum atomic E-state index is 9.23. The molecule has 0 amide bonds. The summed E-state index contributed by atoms with van der Waals surface area (Å²) < 4.78 is 0. The monoisotopic (exact) mass is 385 g/mol. The van der Waals surface area contributed by atoms with Gasteiger partial charge in [0.2, 0.25) is 0 Å². The smallest absolute Gasteiger partial charge is 0.0608 e. The van der Waals surface area contributed by atoms with Crippen LogP contribution >= 0.6 is 35.8 Å². The highest BCUT2D eigenvalue weighted by Gasteiger charge is 2.17. The molecule has 0 radical (unpaired) electrons. The fourth-order valence-electron chi connectivity index (χ4n) is 2.26. The van der Waals surface area contributed by atoms with Gasteiger partial charge >= 0.3 is 0 Å². The fraction of sp³-hybridized carbons (Fsp3) is 0.368. The largest absolute Gasteiger partial charge is 0.394 e. The molecule has 0 aliphatic carbocycles. The standard InChI is InChI=1S/C19H24ClNOS.ClH/c1-3-14-5-4-6-16(11-14)23-17-8-7-15(18(20)12-17)9-10-19(2,21)13-22;/h4-8,11-12,22H,3,9-10,13,21H2,1-2H3;1H. The molecule has 5 heteroatoms. The van der Waals surface area contributed by atoms with E-state index in [-0.39, 0.29) is 19.0 Å². The Morgan fingerprint density at radius 1 is 1.17 bits per heavy atom. The highest BCUT2D eigenvalue weighted by Crippen LogP contribution is 2.32. The average molecular weight is 386 g/mol. The first-order valence-corrected chi connectivity index (χ1v) is 9.08. The highest BCUT2D eigenvalue weighted by atomic mass is 35.5. The van der Waals surface area contributed by atoms with Crippen molar-refractivity contribution in [3.63, 3.8) is 0 Å². The van der Waals surface area contributed by atoms with Crippen LogP contribution in [0.15, 0.2) is 52.3 Å². The van der Waals surface area contributed by atoms with Gasteiger partial charge in [-0.15, -0.1) is 12.4 Å². The van der Waals surface area contributed by atoms with Gasteiger partial charge in [0.15, 0.2) is 0 Å². The third-order valence-corrected chi connectivity index (χ3v) is 5.22. The molecule has 1 atom stereocenters. The van der Waals surface area contributed by atoms with Gasteiger partial charge in [0.25, 0.3) is 0 Å². The zero-order chi connectivity index (χ0) is 16.9. The Labute approximate surface area is 160 Å². The molecule has 24 heavy (non-hydrogen) atoms. The minimum Gasteiger partial charge on any atom is -0.394 e. The molecule has 2 nitrogen and oxygen atoms in total. The van der Waals surface area contributed by atoms with Crippen molar-refractivity contribution in [2.45, 2.75) is 48.4 Å². The Kier molecular flexibility index (Phi) is 8.61. The number of hydrogen-bond acceptors (Lipinski definition) is 3. The van der Waals surface area contributed by atoms with E-state index in [1.807, 2.05) is 13.0 Å². The van der Waals surface area contributed by atoms with Crippen molar-refractivity contribution < 1.29 is 5.11 Å². The molecule has 132 valence electrons. The number of halogens is 2. The molecule has 3 N–H and O–H groups in total. The lowest BCUT2D eigenvalue weighted by Gasteiger charge is -2.21. The second-order valence-electron chi connectivity index (χ2n) is 6.17. The highest BCUT2D eigenvalue weighted by molar-refractivity contribution is 7.99. The van der Waals surface area contributed by atoms with E-state index in [1.165, 1.54) is 10.5 Å². The molecule has 0 fully saturated rings. The molecule has 0 aliphatic rings. The van der Waals surface area contributed by atoms with Gasteiger partial charge in [-0.2, -0.15) is 0 Å². The Morgan fingerprint density at radius 2 is 1.88 bits per heavy atom. The summed E-state index contributed by atoms with van der Waals surface area (Å²) in [6.07, 6.45) is 2.51. The van der Waals surface area contributed by atoms with E-state index in [2.05, 4.69) is 43.3 Å². The molecule has 0 bridgehead atoms. The van der Waals surface area contributed by atoms with Crippen LogP contribution in [0.4, 0.5) is 0 Å². The predicted molar refractivity (Wildman–Crippen MR) is 107 cm³/mol. The second-order valence-corrected chi connectivity index (χ2v) is 7.72. The fourth-order valence-corrected chi connectivity index (χ4v) is 3.54. The van der Waals surface area contributed by atoms with E-state index < -0.39 is 5.54 Å². The lowest BCUT2D eigenvalue weighted by Crippen LogP contribution is -2.40. The van der Waals surface area contributed by atoms with Crippen LogP contribution in [0.5, 0.6) is 0 Å². The van der Waals surface area contributed by atoms with Gasteiger partial charge in [-0.25, -0.2) is 0 Å². The molecule has 2 aromatic rings. The van der Waals surface area contributed by atoms with Gasteiger partial charge in [-0.05, 0) is 61.6 Å². The molecule has 2 aromatic carbocycles. The summed E-state index contributed by atoms with van der Waals surface area (Å²) in [4.78, 5) is 2.35. The molecule has 0 aliphatic heterocycles. The van der Waals surface area contributed by atoms with Crippen LogP contribution in [0.3, 0.4) is 0 Å². The van der Waals surface area contributed by atoms with E-state index in [0.29, 0.717) is 6.42 Å². The molecule has 0 heterocycles. The molecule has 0 aromatic heterocycles. The summed E-state index contributed by atoms with van der Waals surface area (Å²) in [5.74, 6) is 0. The third kappa shape index (κ3) is 6.30. The normalized spacial score (nSPS) is 13.2.